The fourth-order valence-electron chi connectivity index (χ4n) is 1.21. The van der Waals surface area contributed by atoms with Crippen molar-refractivity contribution in [3.8, 4) is 5.75 Å². The van der Waals surface area contributed by atoms with E-state index in [1.54, 1.807) is 6.07 Å². The zero-order chi connectivity index (χ0) is 10.8. The first-order chi connectivity index (χ1) is 6.38. The largest absolute Gasteiger partial charge is 0.508 e. The molecule has 0 aliphatic carbocycles. The molecule has 0 fully saturated rings. The Morgan fingerprint density at radius 2 is 1.93 bits per heavy atom. The standard InChI is InChI=1S/C11H16BrNO/c1-13(2,3)7-6-9-8-10(12)4-5-11(9)14/h4-5,8H,6-7H2,1-3H3/p+1. The molecule has 78 valence electrons. The second-order valence-corrected chi connectivity index (χ2v) is 5.45. The van der Waals surface area contributed by atoms with Gasteiger partial charge in [-0.3, -0.25) is 0 Å². The highest BCUT2D eigenvalue weighted by molar-refractivity contribution is 9.10. The summed E-state index contributed by atoms with van der Waals surface area (Å²) in [6.45, 7) is 1.02. The van der Waals surface area contributed by atoms with Gasteiger partial charge in [-0.1, -0.05) is 15.9 Å². The molecule has 0 spiro atoms. The Morgan fingerprint density at radius 1 is 1.29 bits per heavy atom. The lowest BCUT2D eigenvalue weighted by Gasteiger charge is -2.23. The normalized spacial score (nSPS) is 11.7. The van der Waals surface area contributed by atoms with Crippen LogP contribution in [-0.4, -0.2) is 37.3 Å². The van der Waals surface area contributed by atoms with Gasteiger partial charge in [0.25, 0.3) is 0 Å². The Hall–Kier alpha value is -0.540. The van der Waals surface area contributed by atoms with E-state index in [-0.39, 0.29) is 0 Å². The van der Waals surface area contributed by atoms with Crippen LogP contribution in [0.4, 0.5) is 0 Å². The summed E-state index contributed by atoms with van der Waals surface area (Å²) in [4.78, 5) is 0. The summed E-state index contributed by atoms with van der Waals surface area (Å²) in [5, 5.41) is 9.60. The third-order valence-corrected chi connectivity index (χ3v) is 2.59. The van der Waals surface area contributed by atoms with Crippen LogP contribution in [0.15, 0.2) is 22.7 Å². The van der Waals surface area contributed by atoms with Gasteiger partial charge in [0.1, 0.15) is 5.75 Å². The predicted molar refractivity (Wildman–Crippen MR) is 62.4 cm³/mol. The Kier molecular flexibility index (Phi) is 3.56. The first-order valence-electron chi connectivity index (χ1n) is 4.66. The fraction of sp³-hybridized carbons (Fsp3) is 0.455. The number of aromatic hydroxyl groups is 1. The highest BCUT2D eigenvalue weighted by Crippen LogP contribution is 2.22. The molecular formula is C11H17BrNO+. The third kappa shape index (κ3) is 3.68. The lowest BCUT2D eigenvalue weighted by atomic mass is 10.1. The van der Waals surface area contributed by atoms with E-state index in [0.29, 0.717) is 5.75 Å². The molecule has 0 atom stereocenters. The van der Waals surface area contributed by atoms with Crippen LogP contribution in [0.1, 0.15) is 5.56 Å². The molecule has 0 bridgehead atoms. The number of phenolic OH excluding ortho intramolecular Hbond substituents is 1. The first-order valence-corrected chi connectivity index (χ1v) is 5.46. The number of nitrogens with zero attached hydrogens (tertiary/aromatic N) is 1. The molecule has 0 aliphatic rings. The average Bonchev–Trinajstić information content (AvgIpc) is 2.05. The number of halogens is 1. The molecule has 2 nitrogen and oxygen atoms in total. The second kappa shape index (κ2) is 4.32. The van der Waals surface area contributed by atoms with Crippen molar-refractivity contribution in [1.29, 1.82) is 0 Å². The van der Waals surface area contributed by atoms with E-state index in [2.05, 4.69) is 37.1 Å². The molecule has 0 amide bonds. The predicted octanol–water partition coefficient (Wildman–Crippen LogP) is 2.40. The molecule has 0 unspecified atom stereocenters. The summed E-state index contributed by atoms with van der Waals surface area (Å²) in [6, 6.07) is 5.56. The quantitative estimate of drug-likeness (QED) is 0.826. The average molecular weight is 259 g/mol. The second-order valence-electron chi connectivity index (χ2n) is 4.54. The van der Waals surface area contributed by atoms with Crippen molar-refractivity contribution >= 4 is 15.9 Å². The molecule has 1 aromatic rings. The van der Waals surface area contributed by atoms with E-state index in [1.807, 2.05) is 12.1 Å². The van der Waals surface area contributed by atoms with Gasteiger partial charge >= 0.3 is 0 Å². The number of hydrogen-bond donors (Lipinski definition) is 1. The van der Waals surface area contributed by atoms with Crippen molar-refractivity contribution in [2.75, 3.05) is 27.7 Å². The van der Waals surface area contributed by atoms with E-state index >= 15 is 0 Å². The molecule has 0 heterocycles. The molecule has 1 N–H and O–H groups in total. The monoisotopic (exact) mass is 258 g/mol. The van der Waals surface area contributed by atoms with Crippen LogP contribution in [0.5, 0.6) is 5.75 Å². The van der Waals surface area contributed by atoms with Crippen LogP contribution in [0.25, 0.3) is 0 Å². The molecule has 0 aromatic heterocycles. The zero-order valence-corrected chi connectivity index (χ0v) is 10.5. The minimum Gasteiger partial charge on any atom is -0.508 e. The summed E-state index contributed by atoms with van der Waals surface area (Å²) in [7, 11) is 6.44. The van der Waals surface area contributed by atoms with Gasteiger partial charge < -0.3 is 9.59 Å². The van der Waals surface area contributed by atoms with Gasteiger partial charge in [0.2, 0.25) is 0 Å². The number of hydrogen-bond acceptors (Lipinski definition) is 1. The van der Waals surface area contributed by atoms with E-state index in [4.69, 9.17) is 0 Å². The lowest BCUT2D eigenvalue weighted by molar-refractivity contribution is -0.870. The zero-order valence-electron chi connectivity index (χ0n) is 8.92. The van der Waals surface area contributed by atoms with Crippen LogP contribution in [0, 0.1) is 0 Å². The van der Waals surface area contributed by atoms with Gasteiger partial charge in [-0.15, -0.1) is 0 Å². The molecule has 0 radical (unpaired) electrons. The fourth-order valence-corrected chi connectivity index (χ4v) is 1.62. The molecule has 1 aromatic carbocycles. The molecular weight excluding hydrogens is 242 g/mol. The van der Waals surface area contributed by atoms with Gasteiger partial charge in [0, 0.05) is 16.5 Å². The summed E-state index contributed by atoms with van der Waals surface area (Å²) in [6.07, 6.45) is 0.898. The molecule has 3 heteroatoms. The van der Waals surface area contributed by atoms with Gasteiger partial charge in [-0.05, 0) is 18.2 Å². The molecule has 1 rings (SSSR count). The number of likely N-dealkylation sites (N-methyl/N-ethyl adjacent to an activating group) is 1. The topological polar surface area (TPSA) is 20.2 Å². The Balaban J connectivity index is 2.72. The number of quaternary nitrogens is 1. The van der Waals surface area contributed by atoms with Crippen molar-refractivity contribution in [1.82, 2.24) is 0 Å². The highest BCUT2D eigenvalue weighted by Gasteiger charge is 2.09. The smallest absolute Gasteiger partial charge is 0.119 e. The van der Waals surface area contributed by atoms with Gasteiger partial charge in [-0.2, -0.15) is 0 Å². The van der Waals surface area contributed by atoms with E-state index in [0.717, 1.165) is 27.5 Å². The number of rotatable bonds is 3. The maximum Gasteiger partial charge on any atom is 0.119 e. The summed E-state index contributed by atoms with van der Waals surface area (Å²) in [5.74, 6) is 0.390. The van der Waals surface area contributed by atoms with Crippen LogP contribution in [-0.2, 0) is 6.42 Å². The maximum absolute atomic E-state index is 9.60. The molecule has 0 saturated carbocycles. The Labute approximate surface area is 93.9 Å². The van der Waals surface area contributed by atoms with Crippen molar-refractivity contribution in [3.05, 3.63) is 28.2 Å². The minimum absolute atomic E-state index is 0.390. The van der Waals surface area contributed by atoms with Crippen LogP contribution in [0.2, 0.25) is 0 Å². The summed E-state index contributed by atoms with van der Waals surface area (Å²) >= 11 is 3.40. The minimum atomic E-state index is 0.390. The van der Waals surface area contributed by atoms with Crippen LogP contribution >= 0.6 is 15.9 Å². The highest BCUT2D eigenvalue weighted by atomic mass is 79.9. The van der Waals surface area contributed by atoms with Crippen molar-refractivity contribution in [2.45, 2.75) is 6.42 Å². The third-order valence-electron chi connectivity index (χ3n) is 2.09. The van der Waals surface area contributed by atoms with E-state index in [9.17, 15) is 5.11 Å². The van der Waals surface area contributed by atoms with Crippen molar-refractivity contribution in [3.63, 3.8) is 0 Å². The van der Waals surface area contributed by atoms with Gasteiger partial charge in [0.05, 0.1) is 27.7 Å². The summed E-state index contributed by atoms with van der Waals surface area (Å²) < 4.78 is 1.93. The van der Waals surface area contributed by atoms with Crippen molar-refractivity contribution in [2.24, 2.45) is 0 Å². The number of benzene rings is 1. The van der Waals surface area contributed by atoms with Crippen LogP contribution < -0.4 is 0 Å². The van der Waals surface area contributed by atoms with Crippen molar-refractivity contribution < 1.29 is 9.59 Å². The van der Waals surface area contributed by atoms with Gasteiger partial charge in [-0.25, -0.2) is 0 Å². The maximum atomic E-state index is 9.60. The Bertz CT molecular complexity index is 318. The summed E-state index contributed by atoms with van der Waals surface area (Å²) in [5.41, 5.74) is 1.01. The SMILES string of the molecule is C[N+](C)(C)CCc1cc(Br)ccc1O. The van der Waals surface area contributed by atoms with Gasteiger partial charge in [0.15, 0.2) is 0 Å². The Morgan fingerprint density at radius 3 is 2.50 bits per heavy atom. The first kappa shape index (κ1) is 11.5. The number of phenols is 1. The lowest BCUT2D eigenvalue weighted by Crippen LogP contribution is -2.36. The van der Waals surface area contributed by atoms with E-state index < -0.39 is 0 Å². The molecule has 14 heavy (non-hydrogen) atoms. The van der Waals surface area contributed by atoms with E-state index in [1.165, 1.54) is 0 Å². The molecule has 0 saturated heterocycles. The van der Waals surface area contributed by atoms with Crippen LogP contribution in [0.3, 0.4) is 0 Å². The molecule has 0 aliphatic heterocycles.